The molecule has 10 nitrogen and oxygen atoms in total. The van der Waals surface area contributed by atoms with E-state index in [1.807, 2.05) is 0 Å². The van der Waals surface area contributed by atoms with E-state index in [0.29, 0.717) is 12.8 Å². The number of esters is 2. The molecule has 0 heterocycles. The molecule has 55 heavy (non-hydrogen) atoms. The number of aliphatic hydroxyl groups excluding tert-OH is 2. The molecule has 3 N–H and O–H groups in total. The van der Waals surface area contributed by atoms with Crippen LogP contribution in [0.4, 0.5) is 0 Å². The number of unbranched alkanes of at least 4 members (excludes halogenated alkanes) is 21. The highest BCUT2D eigenvalue weighted by molar-refractivity contribution is 7.47. The number of phosphoric acid groups is 1. The third kappa shape index (κ3) is 40.2. The van der Waals surface area contributed by atoms with E-state index in [1.54, 1.807) is 0 Å². The molecule has 3 atom stereocenters. The van der Waals surface area contributed by atoms with Crippen LogP contribution in [0.15, 0.2) is 36.5 Å². The van der Waals surface area contributed by atoms with Gasteiger partial charge in [0.15, 0.2) is 6.10 Å². The van der Waals surface area contributed by atoms with Crippen LogP contribution in [0.5, 0.6) is 0 Å². The van der Waals surface area contributed by atoms with Crippen LogP contribution in [0.3, 0.4) is 0 Å². The lowest BCUT2D eigenvalue weighted by atomic mass is 10.1. The molecular weight excluding hydrogens is 719 g/mol. The molecule has 322 valence electrons. The third-order valence-electron chi connectivity index (χ3n) is 9.27. The SMILES string of the molecule is CCCCCC/C=C/CCCCCCCCCC(=O)O[C@H](COC(=O)CCC/C=C/C/C=C/CCCCCCCCCCC)COP(=O)(O)OC[C@@H](O)CO. The van der Waals surface area contributed by atoms with Crippen molar-refractivity contribution in [2.24, 2.45) is 0 Å². The number of aliphatic hydroxyl groups is 2. The molecule has 0 aliphatic carbocycles. The van der Waals surface area contributed by atoms with Gasteiger partial charge < -0.3 is 24.6 Å². The van der Waals surface area contributed by atoms with Gasteiger partial charge >= 0.3 is 19.8 Å². The predicted octanol–water partition coefficient (Wildman–Crippen LogP) is 11.6. The zero-order valence-electron chi connectivity index (χ0n) is 34.9. The van der Waals surface area contributed by atoms with Gasteiger partial charge in [0.2, 0.25) is 0 Å². The van der Waals surface area contributed by atoms with Gasteiger partial charge in [0.05, 0.1) is 19.8 Å². The number of allylic oxidation sites excluding steroid dienone is 6. The lowest BCUT2D eigenvalue weighted by Crippen LogP contribution is -2.29. The molecule has 1 unspecified atom stereocenters. The van der Waals surface area contributed by atoms with E-state index in [-0.39, 0.29) is 19.4 Å². The van der Waals surface area contributed by atoms with Crippen molar-refractivity contribution in [1.29, 1.82) is 0 Å². The average molecular weight is 801 g/mol. The Hall–Kier alpha value is -1.81. The highest BCUT2D eigenvalue weighted by atomic mass is 31.2. The minimum atomic E-state index is -4.63. The third-order valence-corrected chi connectivity index (χ3v) is 10.2. The number of hydrogen-bond donors (Lipinski definition) is 3. The molecule has 0 aliphatic heterocycles. The Morgan fingerprint density at radius 1 is 0.545 bits per heavy atom. The van der Waals surface area contributed by atoms with Crippen molar-refractivity contribution >= 4 is 19.8 Å². The van der Waals surface area contributed by atoms with Crippen LogP contribution >= 0.6 is 7.82 Å². The number of rotatable bonds is 41. The second kappa shape index (κ2) is 40.4. The van der Waals surface area contributed by atoms with Crippen molar-refractivity contribution in [1.82, 2.24) is 0 Å². The van der Waals surface area contributed by atoms with Gasteiger partial charge in [-0.15, -0.1) is 0 Å². The molecule has 0 amide bonds. The van der Waals surface area contributed by atoms with Gasteiger partial charge in [-0.3, -0.25) is 18.6 Å². The summed E-state index contributed by atoms with van der Waals surface area (Å²) in [4.78, 5) is 35.0. The molecule has 0 aromatic heterocycles. The fourth-order valence-corrected chi connectivity index (χ4v) is 6.64. The Morgan fingerprint density at radius 2 is 0.964 bits per heavy atom. The van der Waals surface area contributed by atoms with Gasteiger partial charge in [-0.2, -0.15) is 0 Å². The first-order valence-corrected chi connectivity index (χ1v) is 23.4. The van der Waals surface area contributed by atoms with Crippen molar-refractivity contribution in [3.8, 4) is 0 Å². The zero-order chi connectivity index (χ0) is 40.5. The largest absolute Gasteiger partial charge is 0.472 e. The number of hydrogen-bond acceptors (Lipinski definition) is 9. The summed E-state index contributed by atoms with van der Waals surface area (Å²) >= 11 is 0. The van der Waals surface area contributed by atoms with Crippen molar-refractivity contribution < 1.29 is 47.8 Å². The smallest absolute Gasteiger partial charge is 0.462 e. The first-order valence-electron chi connectivity index (χ1n) is 21.9. The molecule has 0 radical (unpaired) electrons. The van der Waals surface area contributed by atoms with Crippen molar-refractivity contribution in [2.75, 3.05) is 26.4 Å². The second-order valence-electron chi connectivity index (χ2n) is 14.7. The highest BCUT2D eigenvalue weighted by Gasteiger charge is 2.27. The van der Waals surface area contributed by atoms with E-state index < -0.39 is 51.8 Å². The Morgan fingerprint density at radius 3 is 1.49 bits per heavy atom. The highest BCUT2D eigenvalue weighted by Crippen LogP contribution is 2.43. The average Bonchev–Trinajstić information content (AvgIpc) is 3.17. The van der Waals surface area contributed by atoms with Crippen LogP contribution in [0.1, 0.15) is 194 Å². The fourth-order valence-electron chi connectivity index (χ4n) is 5.85. The van der Waals surface area contributed by atoms with Crippen LogP contribution in [0, 0.1) is 0 Å². The van der Waals surface area contributed by atoms with E-state index >= 15 is 0 Å². The van der Waals surface area contributed by atoms with Crippen molar-refractivity contribution in [2.45, 2.75) is 206 Å². The summed E-state index contributed by atoms with van der Waals surface area (Å²) in [7, 11) is -4.63. The maximum atomic E-state index is 12.6. The number of phosphoric ester groups is 1. The molecule has 0 spiro atoms. The van der Waals surface area contributed by atoms with Crippen LogP contribution in [-0.2, 0) is 32.7 Å². The number of carbonyl (C=O) groups excluding carboxylic acids is 2. The van der Waals surface area contributed by atoms with E-state index in [9.17, 15) is 24.2 Å². The molecule has 0 aromatic rings. The Kier molecular flexibility index (Phi) is 39.1. The standard InChI is InChI=1S/C44H81O10P/c1-3-5-7-9-11-13-15-17-19-20-22-23-25-27-29-31-33-35-43(47)51-39-42(40-53-55(49,50)52-38-41(46)37-45)54-44(48)36-34-32-30-28-26-24-21-18-16-14-12-10-8-6-4-2/h14,16,22-23,27,29,41-42,45-46H,3-13,15,17-21,24-26,28,30-40H2,1-2H3,(H,49,50)/b16-14+,23-22+,29-27+/t41-,42+/m0/s1. The maximum absolute atomic E-state index is 12.6. The molecule has 0 saturated carbocycles. The van der Waals surface area contributed by atoms with E-state index in [4.69, 9.17) is 19.1 Å². The summed E-state index contributed by atoms with van der Waals surface area (Å²) in [6.07, 6.45) is 41.2. The van der Waals surface area contributed by atoms with Gasteiger partial charge in [-0.05, 0) is 64.2 Å². The molecule has 0 bridgehead atoms. The number of ether oxygens (including phenoxy) is 2. The Labute approximate surface area is 335 Å². The second-order valence-corrected chi connectivity index (χ2v) is 16.2. The lowest BCUT2D eigenvalue weighted by molar-refractivity contribution is -0.161. The monoisotopic (exact) mass is 801 g/mol. The summed E-state index contributed by atoms with van der Waals surface area (Å²) in [6, 6.07) is 0. The lowest BCUT2D eigenvalue weighted by Gasteiger charge is -2.20. The minimum absolute atomic E-state index is 0.171. The summed E-state index contributed by atoms with van der Waals surface area (Å²) < 4.78 is 32.7. The summed E-state index contributed by atoms with van der Waals surface area (Å²) in [5, 5.41) is 18.3. The molecule has 11 heteroatoms. The van der Waals surface area contributed by atoms with Crippen molar-refractivity contribution in [3.05, 3.63) is 36.5 Å². The van der Waals surface area contributed by atoms with Gasteiger partial charge in [0.25, 0.3) is 0 Å². The first-order chi connectivity index (χ1) is 26.7. The molecule has 0 saturated heterocycles. The van der Waals surface area contributed by atoms with Gasteiger partial charge in [-0.1, -0.05) is 153 Å². The quantitative estimate of drug-likeness (QED) is 0.0236. The molecule has 0 aromatic carbocycles. The summed E-state index contributed by atoms with van der Waals surface area (Å²) in [6.45, 7) is 2.32. The number of carbonyl (C=O) groups is 2. The first kappa shape index (κ1) is 53.2. The van der Waals surface area contributed by atoms with Crippen LogP contribution in [-0.4, -0.2) is 65.7 Å². The van der Waals surface area contributed by atoms with E-state index in [2.05, 4.69) is 54.8 Å². The molecule has 0 aliphatic rings. The summed E-state index contributed by atoms with van der Waals surface area (Å²) in [5.41, 5.74) is 0. The van der Waals surface area contributed by atoms with E-state index in [0.717, 1.165) is 44.9 Å². The zero-order valence-corrected chi connectivity index (χ0v) is 35.8. The fraction of sp³-hybridized carbons (Fsp3) is 0.818. The molecular formula is C44H81O10P. The Balaban J connectivity index is 4.35. The van der Waals surface area contributed by atoms with Gasteiger partial charge in [0, 0.05) is 12.8 Å². The Bertz CT molecular complexity index is 1010. The topological polar surface area (TPSA) is 149 Å². The van der Waals surface area contributed by atoms with Gasteiger partial charge in [0.1, 0.15) is 12.7 Å². The maximum Gasteiger partial charge on any atom is 0.472 e. The normalized spacial score (nSPS) is 14.2. The van der Waals surface area contributed by atoms with Crippen molar-refractivity contribution in [3.63, 3.8) is 0 Å². The van der Waals surface area contributed by atoms with Crippen LogP contribution in [0.2, 0.25) is 0 Å². The van der Waals surface area contributed by atoms with E-state index in [1.165, 1.54) is 109 Å². The van der Waals surface area contributed by atoms with Gasteiger partial charge in [-0.25, -0.2) is 4.57 Å². The predicted molar refractivity (Wildman–Crippen MR) is 224 cm³/mol. The minimum Gasteiger partial charge on any atom is -0.462 e. The summed E-state index contributed by atoms with van der Waals surface area (Å²) in [5.74, 6) is -0.980. The molecule has 0 rings (SSSR count). The molecule has 0 fully saturated rings. The van der Waals surface area contributed by atoms with Crippen LogP contribution in [0.25, 0.3) is 0 Å². The van der Waals surface area contributed by atoms with Crippen LogP contribution < -0.4 is 0 Å².